The van der Waals surface area contributed by atoms with Crippen molar-refractivity contribution in [2.45, 2.75) is 0 Å². The molecule has 0 bridgehead atoms. The van der Waals surface area contributed by atoms with Crippen LogP contribution in [0.15, 0.2) is 0 Å². The van der Waals surface area contributed by atoms with Gasteiger partial charge in [-0.1, -0.05) is 0 Å². The third-order valence-electron chi connectivity index (χ3n) is 0. The summed E-state index contributed by atoms with van der Waals surface area (Å²) in [5.41, 5.74) is 0. The molecule has 0 aliphatic rings. The molecule has 4 nitrogen and oxygen atoms in total. The van der Waals surface area contributed by atoms with E-state index in [1.807, 2.05) is 0 Å². The summed E-state index contributed by atoms with van der Waals surface area (Å²) < 4.78 is 8.88. The average molecular weight is 156 g/mol. The molecule has 0 aromatic rings. The van der Waals surface area contributed by atoms with E-state index in [2.05, 4.69) is 0 Å². The van der Waals surface area contributed by atoms with Crippen LogP contribution < -0.4 is 0 Å². The van der Waals surface area contributed by atoms with Gasteiger partial charge in [0.1, 0.15) is 0 Å². The van der Waals surface area contributed by atoms with Gasteiger partial charge in [-0.3, -0.25) is 0 Å². The first-order valence-electron chi connectivity index (χ1n) is 0.783. The number of hydrogen-bond acceptors (Lipinski definition) is 1. The van der Waals surface area contributed by atoms with E-state index in [-0.39, 0.29) is 37.4 Å². The van der Waals surface area contributed by atoms with E-state index in [1.165, 1.54) is 0 Å². The summed E-state index contributed by atoms with van der Waals surface area (Å²) in [6.07, 6.45) is 0. The van der Waals surface area contributed by atoms with Crippen molar-refractivity contribution in [3.63, 3.8) is 0 Å². The molecule has 0 aliphatic heterocycles. The van der Waals surface area contributed by atoms with Crippen molar-refractivity contribution in [3.05, 3.63) is 0 Å². The molecule has 0 amide bonds. The molecule has 7 heteroatoms. The molecule has 3 N–H and O–H groups in total. The Bertz CT molecular complexity index is 57.8. The molecule has 0 aliphatic carbocycles. The molecule has 38 valence electrons. The second-order valence-electron chi connectivity index (χ2n) is 0.513. The molecule has 0 heterocycles. The zero-order chi connectivity index (χ0) is 4.50. The molecule has 0 saturated carbocycles. The zero-order valence-electron chi connectivity index (χ0n) is 3.64. The van der Waals surface area contributed by atoms with E-state index in [1.54, 1.807) is 0 Å². The van der Waals surface area contributed by atoms with Crippen LogP contribution in [0.4, 0.5) is 0 Å². The van der Waals surface area contributed by atoms with Crippen LogP contribution in [-0.2, 0) is 23.1 Å². The smallest absolute Gasteiger partial charge is 0.303 e. The Morgan fingerprint density at radius 3 is 1.14 bits per heavy atom. The number of hydrogen-bond donors (Lipinski definition) is 3. The second-order valence-corrected chi connectivity index (χ2v) is 1.54. The van der Waals surface area contributed by atoms with E-state index in [4.69, 9.17) is 19.2 Å². The van der Waals surface area contributed by atoms with Crippen molar-refractivity contribution in [2.24, 2.45) is 0 Å². The maximum Gasteiger partial charge on any atom is 0.466 e. The van der Waals surface area contributed by atoms with E-state index >= 15 is 0 Å². The first-order chi connectivity index (χ1) is 2.00. The van der Waals surface area contributed by atoms with Crippen LogP contribution in [-0.4, -0.2) is 33.5 Å². The Morgan fingerprint density at radius 1 is 1.14 bits per heavy atom. The Balaban J connectivity index is -0.0000000800. The van der Waals surface area contributed by atoms with Gasteiger partial charge in [0.2, 0.25) is 0 Å². The third kappa shape index (κ3) is 122. The van der Waals surface area contributed by atoms with Gasteiger partial charge in [0.25, 0.3) is 0 Å². The Labute approximate surface area is 64.6 Å². The van der Waals surface area contributed by atoms with Gasteiger partial charge in [-0.05, 0) is 0 Å². The van der Waals surface area contributed by atoms with E-state index in [0.29, 0.717) is 0 Å². The fourth-order valence-electron chi connectivity index (χ4n) is 0. The molecule has 2 radical (unpaired) electrons. The molecule has 0 unspecified atom stereocenters. The van der Waals surface area contributed by atoms with Crippen LogP contribution in [0.5, 0.6) is 0 Å². The number of rotatable bonds is 0. The predicted molar refractivity (Wildman–Crippen MR) is 20.0 cm³/mol. The van der Waals surface area contributed by atoms with Crippen molar-refractivity contribution >= 4 is 26.7 Å². The van der Waals surface area contributed by atoms with Crippen molar-refractivity contribution in [1.82, 2.24) is 0 Å². The topological polar surface area (TPSA) is 77.8 Å². The van der Waals surface area contributed by atoms with Crippen molar-refractivity contribution in [3.8, 4) is 0 Å². The molecule has 0 aromatic heterocycles. The van der Waals surface area contributed by atoms with Gasteiger partial charge in [-0.15, -0.1) is 0 Å². The molecule has 0 fully saturated rings. The van der Waals surface area contributed by atoms with Crippen molar-refractivity contribution in [1.29, 1.82) is 0 Å². The zero-order valence-corrected chi connectivity index (χ0v) is 5.94. The number of phosphoric acid groups is 1. The summed E-state index contributed by atoms with van der Waals surface area (Å²) in [5, 5.41) is 0. The van der Waals surface area contributed by atoms with E-state index < -0.39 is 7.82 Å². The largest absolute Gasteiger partial charge is 0.466 e. The summed E-state index contributed by atoms with van der Waals surface area (Å²) in [5.74, 6) is 0. The van der Waals surface area contributed by atoms with E-state index in [0.717, 1.165) is 0 Å². The van der Waals surface area contributed by atoms with Crippen LogP contribution in [0.2, 0.25) is 0 Å². The van der Waals surface area contributed by atoms with Gasteiger partial charge < -0.3 is 14.7 Å². The van der Waals surface area contributed by atoms with E-state index in [9.17, 15) is 0 Å². The first kappa shape index (κ1) is 15.7. The first-order valence-corrected chi connectivity index (χ1v) is 2.35. The van der Waals surface area contributed by atoms with Gasteiger partial charge >= 0.3 is 7.82 Å². The van der Waals surface area contributed by atoms with Gasteiger partial charge in [0, 0.05) is 37.4 Å². The minimum atomic E-state index is -4.64. The maximum atomic E-state index is 8.88. The molecule has 0 rings (SSSR count). The van der Waals surface area contributed by atoms with Crippen LogP contribution in [0.1, 0.15) is 0 Å². The monoisotopic (exact) mass is 156 g/mol. The minimum absolute atomic E-state index is 0. The van der Waals surface area contributed by atoms with Crippen molar-refractivity contribution < 1.29 is 37.8 Å². The summed E-state index contributed by atoms with van der Waals surface area (Å²) >= 11 is 0. The predicted octanol–water partition coefficient (Wildman–Crippen LogP) is -1.31. The SMILES string of the molecule is O=P(O)(O)O.[Li].[V]. The minimum Gasteiger partial charge on any atom is -0.303 e. The quantitative estimate of drug-likeness (QED) is 0.300. The normalized spacial score (nSPS) is 8.43. The van der Waals surface area contributed by atoms with Gasteiger partial charge in [0.15, 0.2) is 0 Å². The average Bonchev–Trinajstić information content (AvgIpc) is 0.722. The maximum absolute atomic E-state index is 8.88. The summed E-state index contributed by atoms with van der Waals surface area (Å²) in [6.45, 7) is 0. The fraction of sp³-hybridized carbons (Fsp3) is 0. The van der Waals surface area contributed by atoms with Crippen LogP contribution in [0.25, 0.3) is 0 Å². The molecule has 7 heavy (non-hydrogen) atoms. The molecule has 0 saturated heterocycles. The third-order valence-corrected chi connectivity index (χ3v) is 0. The Kier molecular flexibility index (Phi) is 12.2. The summed E-state index contributed by atoms with van der Waals surface area (Å²) in [6, 6.07) is 0. The molecule has 0 atom stereocenters. The Hall–Kier alpha value is 1.29. The molecule has 0 aromatic carbocycles. The summed E-state index contributed by atoms with van der Waals surface area (Å²) in [7, 11) is -4.64. The van der Waals surface area contributed by atoms with Gasteiger partial charge in [0.05, 0.1) is 0 Å². The standard InChI is InChI=1S/Li.H3O4P.V/c;1-5(2,3)4;/h;(H3,1,2,3,4);. The van der Waals surface area contributed by atoms with Crippen LogP contribution in [0, 0.1) is 0 Å². The molecular formula is H3LiO4PV. The van der Waals surface area contributed by atoms with Crippen LogP contribution >= 0.6 is 7.82 Å². The van der Waals surface area contributed by atoms with Crippen LogP contribution in [0.3, 0.4) is 0 Å². The molecular weight excluding hydrogens is 153 g/mol. The van der Waals surface area contributed by atoms with Gasteiger partial charge in [-0.25, -0.2) is 4.57 Å². The van der Waals surface area contributed by atoms with Gasteiger partial charge in [-0.2, -0.15) is 0 Å². The fourth-order valence-corrected chi connectivity index (χ4v) is 0. The van der Waals surface area contributed by atoms with Crippen molar-refractivity contribution in [2.75, 3.05) is 0 Å². The molecule has 0 spiro atoms. The Morgan fingerprint density at radius 2 is 1.14 bits per heavy atom. The summed E-state index contributed by atoms with van der Waals surface area (Å²) in [4.78, 5) is 21.6. The second kappa shape index (κ2) is 5.43.